The number of phenolic OH excluding ortho intramolecular Hbond substituents is 1. The number of hydrogen-bond acceptors (Lipinski definition) is 3. The van der Waals surface area contributed by atoms with Gasteiger partial charge in [-0.2, -0.15) is 0 Å². The number of aliphatic imine (C=N–C) groups is 1. The van der Waals surface area contributed by atoms with Crippen molar-refractivity contribution in [1.82, 2.24) is 0 Å². The van der Waals surface area contributed by atoms with Gasteiger partial charge in [0.15, 0.2) is 5.78 Å². The minimum atomic E-state index is -0.494. The van der Waals surface area contributed by atoms with Crippen LogP contribution < -0.4 is 0 Å². The Morgan fingerprint density at radius 2 is 1.74 bits per heavy atom. The summed E-state index contributed by atoms with van der Waals surface area (Å²) < 4.78 is 0. The van der Waals surface area contributed by atoms with Crippen LogP contribution in [0.2, 0.25) is 0 Å². The molecular formula is C16H15NO2. The Bertz CT molecular complexity index is 561. The van der Waals surface area contributed by atoms with E-state index in [9.17, 15) is 9.90 Å². The van der Waals surface area contributed by atoms with Crippen LogP contribution in [-0.2, 0) is 6.42 Å². The van der Waals surface area contributed by atoms with E-state index in [0.717, 1.165) is 5.56 Å². The van der Waals surface area contributed by atoms with Gasteiger partial charge in [-0.25, -0.2) is 0 Å². The molecule has 3 nitrogen and oxygen atoms in total. The Hall–Kier alpha value is -2.42. The first-order valence-electron chi connectivity index (χ1n) is 6.03. The number of nitrogens with zero attached hydrogens (tertiary/aromatic N) is 1. The first-order valence-corrected chi connectivity index (χ1v) is 6.03. The molecule has 0 amide bonds. The molecule has 2 rings (SSSR count). The average Bonchev–Trinajstić information content (AvgIpc) is 2.47. The van der Waals surface area contributed by atoms with Gasteiger partial charge in [0.05, 0.1) is 0 Å². The molecule has 0 saturated carbocycles. The Kier molecular flexibility index (Phi) is 4.08. The van der Waals surface area contributed by atoms with Gasteiger partial charge in [0.25, 0.3) is 0 Å². The van der Waals surface area contributed by atoms with E-state index in [1.54, 1.807) is 36.4 Å². The molecular weight excluding hydrogens is 238 g/mol. The Balaban J connectivity index is 2.14. The number of Topliss-reactive ketones (excluding diaryl/α,β-unsaturated/α-hetero) is 1. The van der Waals surface area contributed by atoms with Crippen LogP contribution in [0, 0.1) is 0 Å². The van der Waals surface area contributed by atoms with Gasteiger partial charge in [0.2, 0.25) is 0 Å². The van der Waals surface area contributed by atoms with Crippen LogP contribution in [0.4, 0.5) is 0 Å². The van der Waals surface area contributed by atoms with Gasteiger partial charge in [0.1, 0.15) is 11.8 Å². The minimum absolute atomic E-state index is 0.0383. The van der Waals surface area contributed by atoms with Crippen LogP contribution in [0.3, 0.4) is 0 Å². The molecule has 0 aliphatic heterocycles. The fraction of sp³-hybridized carbons (Fsp3) is 0.125. The van der Waals surface area contributed by atoms with E-state index in [1.807, 2.05) is 18.2 Å². The number of phenols is 1. The lowest BCUT2D eigenvalue weighted by Crippen LogP contribution is -2.21. The smallest absolute Gasteiger partial charge is 0.187 e. The molecule has 96 valence electrons. The van der Waals surface area contributed by atoms with Gasteiger partial charge in [-0.15, -0.1) is 0 Å². The van der Waals surface area contributed by atoms with Crippen molar-refractivity contribution in [3.63, 3.8) is 0 Å². The topological polar surface area (TPSA) is 49.7 Å². The van der Waals surface area contributed by atoms with Crippen LogP contribution in [-0.4, -0.2) is 23.6 Å². The summed E-state index contributed by atoms with van der Waals surface area (Å²) in [5.74, 6) is 0.171. The highest BCUT2D eigenvalue weighted by molar-refractivity contribution is 6.00. The lowest BCUT2D eigenvalue weighted by atomic mass is 9.98. The highest BCUT2D eigenvalue weighted by Gasteiger charge is 2.18. The molecule has 0 unspecified atom stereocenters. The van der Waals surface area contributed by atoms with Crippen LogP contribution in [0.5, 0.6) is 5.75 Å². The molecule has 2 aromatic carbocycles. The molecule has 0 saturated heterocycles. The molecule has 2 aromatic rings. The van der Waals surface area contributed by atoms with Gasteiger partial charge < -0.3 is 5.11 Å². The summed E-state index contributed by atoms with van der Waals surface area (Å²) in [4.78, 5) is 16.2. The van der Waals surface area contributed by atoms with E-state index < -0.39 is 6.04 Å². The third kappa shape index (κ3) is 3.28. The molecule has 0 fully saturated rings. The van der Waals surface area contributed by atoms with E-state index in [4.69, 9.17) is 0 Å². The second kappa shape index (κ2) is 5.96. The lowest BCUT2D eigenvalue weighted by Gasteiger charge is -2.11. The summed E-state index contributed by atoms with van der Waals surface area (Å²) in [5, 5.41) is 9.23. The SMILES string of the molecule is C=N[C@@H](Cc1ccc(O)cc1)C(=O)c1ccccc1. The summed E-state index contributed by atoms with van der Waals surface area (Å²) in [7, 11) is 0. The van der Waals surface area contributed by atoms with E-state index in [1.165, 1.54) is 0 Å². The third-order valence-corrected chi connectivity index (χ3v) is 2.95. The molecule has 0 heterocycles. The van der Waals surface area contributed by atoms with Crippen molar-refractivity contribution >= 4 is 12.5 Å². The largest absolute Gasteiger partial charge is 0.508 e. The molecule has 3 heteroatoms. The van der Waals surface area contributed by atoms with Crippen molar-refractivity contribution in [3.8, 4) is 5.75 Å². The monoisotopic (exact) mass is 253 g/mol. The highest BCUT2D eigenvalue weighted by atomic mass is 16.3. The van der Waals surface area contributed by atoms with Crippen LogP contribution in [0.15, 0.2) is 59.6 Å². The normalized spacial score (nSPS) is 11.8. The van der Waals surface area contributed by atoms with E-state index >= 15 is 0 Å². The van der Waals surface area contributed by atoms with Crippen molar-refractivity contribution in [1.29, 1.82) is 0 Å². The number of hydrogen-bond donors (Lipinski definition) is 1. The van der Waals surface area contributed by atoms with Gasteiger partial charge in [-0.3, -0.25) is 9.79 Å². The summed E-state index contributed by atoms with van der Waals surface area (Å²) in [6.45, 7) is 3.50. The first kappa shape index (κ1) is 13.0. The number of aromatic hydroxyl groups is 1. The zero-order valence-corrected chi connectivity index (χ0v) is 10.5. The fourth-order valence-electron chi connectivity index (χ4n) is 1.89. The van der Waals surface area contributed by atoms with Crippen molar-refractivity contribution < 1.29 is 9.90 Å². The third-order valence-electron chi connectivity index (χ3n) is 2.95. The molecule has 1 N–H and O–H groups in total. The predicted molar refractivity (Wildman–Crippen MR) is 75.9 cm³/mol. The highest BCUT2D eigenvalue weighted by Crippen LogP contribution is 2.15. The summed E-state index contributed by atoms with van der Waals surface area (Å²) in [5.41, 5.74) is 1.58. The molecule has 0 radical (unpaired) electrons. The second-order valence-electron chi connectivity index (χ2n) is 4.30. The Morgan fingerprint density at radius 1 is 1.11 bits per heavy atom. The zero-order valence-electron chi connectivity index (χ0n) is 10.5. The molecule has 0 aliphatic carbocycles. The fourth-order valence-corrected chi connectivity index (χ4v) is 1.89. The summed E-state index contributed by atoms with van der Waals surface area (Å²) in [6.07, 6.45) is 0.484. The molecule has 0 bridgehead atoms. The lowest BCUT2D eigenvalue weighted by molar-refractivity contribution is 0.0962. The molecule has 0 aromatic heterocycles. The van der Waals surface area contributed by atoms with Crippen molar-refractivity contribution in [2.24, 2.45) is 4.99 Å². The van der Waals surface area contributed by atoms with E-state index in [0.29, 0.717) is 12.0 Å². The molecule has 1 atom stereocenters. The standard InChI is InChI=1S/C16H15NO2/c1-17-15(11-12-7-9-14(18)10-8-12)16(19)13-5-3-2-4-6-13/h2-10,15,18H,1,11H2/t15-/m0/s1. The van der Waals surface area contributed by atoms with Crippen LogP contribution in [0.25, 0.3) is 0 Å². The number of rotatable bonds is 5. The van der Waals surface area contributed by atoms with Gasteiger partial charge >= 0.3 is 0 Å². The second-order valence-corrected chi connectivity index (χ2v) is 4.30. The Labute approximate surface area is 112 Å². The van der Waals surface area contributed by atoms with Crippen LogP contribution >= 0.6 is 0 Å². The van der Waals surface area contributed by atoms with Crippen molar-refractivity contribution in [2.45, 2.75) is 12.5 Å². The Morgan fingerprint density at radius 3 is 2.32 bits per heavy atom. The number of carbonyl (C=O) groups excluding carboxylic acids is 1. The number of carbonyl (C=O) groups is 1. The summed E-state index contributed by atoms with van der Waals surface area (Å²) in [6, 6.07) is 15.3. The minimum Gasteiger partial charge on any atom is -0.508 e. The molecule has 0 spiro atoms. The number of benzene rings is 2. The number of ketones is 1. The average molecular weight is 253 g/mol. The predicted octanol–water partition coefficient (Wildman–Crippen LogP) is 2.89. The van der Waals surface area contributed by atoms with Gasteiger partial charge in [-0.1, -0.05) is 42.5 Å². The maximum Gasteiger partial charge on any atom is 0.187 e. The first-order chi connectivity index (χ1) is 9.20. The van der Waals surface area contributed by atoms with Crippen molar-refractivity contribution in [3.05, 3.63) is 65.7 Å². The van der Waals surface area contributed by atoms with Crippen molar-refractivity contribution in [2.75, 3.05) is 0 Å². The summed E-state index contributed by atoms with van der Waals surface area (Å²) >= 11 is 0. The quantitative estimate of drug-likeness (QED) is 0.658. The van der Waals surface area contributed by atoms with E-state index in [2.05, 4.69) is 11.7 Å². The maximum absolute atomic E-state index is 12.3. The van der Waals surface area contributed by atoms with Crippen LogP contribution in [0.1, 0.15) is 15.9 Å². The van der Waals surface area contributed by atoms with Gasteiger partial charge in [-0.05, 0) is 24.4 Å². The zero-order chi connectivity index (χ0) is 13.7. The maximum atomic E-state index is 12.3. The van der Waals surface area contributed by atoms with Gasteiger partial charge in [0, 0.05) is 12.0 Å². The molecule has 0 aliphatic rings. The molecule has 19 heavy (non-hydrogen) atoms. The van der Waals surface area contributed by atoms with E-state index in [-0.39, 0.29) is 11.5 Å².